The number of benzene rings is 2. The van der Waals surface area contributed by atoms with Crippen LogP contribution < -0.4 is 0 Å². The van der Waals surface area contributed by atoms with Gasteiger partial charge in [0.15, 0.2) is 12.1 Å². The minimum Gasteiger partial charge on any atom is -0.298 e. The topological polar surface area (TPSA) is 58.9 Å². The van der Waals surface area contributed by atoms with Gasteiger partial charge < -0.3 is 0 Å². The lowest BCUT2D eigenvalue weighted by Gasteiger charge is -2.15. The number of ketones is 1. The Morgan fingerprint density at radius 3 is 1.77 bits per heavy atom. The standard InChI is InChI=1S/C26H30N2O2/c1-13-14(2)18(6)22(11-29)21(17(13)5)10-27-12-28-23-9-24(30)26-20(8)16(4)15(3)19(7)25(23)26/h10-11H,9,12H2,1-8H3. The predicted molar refractivity (Wildman–Crippen MR) is 124 cm³/mol. The van der Waals surface area contributed by atoms with Crippen molar-refractivity contribution in [2.45, 2.75) is 61.8 Å². The van der Waals surface area contributed by atoms with Gasteiger partial charge in [-0.25, -0.2) is 0 Å². The van der Waals surface area contributed by atoms with Crippen LogP contribution in [-0.4, -0.2) is 30.7 Å². The SMILES string of the molecule is Cc1c(C)c(C)c(C=NCN=C2CC(=O)c3c(C)c(C)c(C)c(C)c32)c(C=O)c1C. The Labute approximate surface area is 179 Å². The van der Waals surface area contributed by atoms with Gasteiger partial charge in [-0.15, -0.1) is 0 Å². The highest BCUT2D eigenvalue weighted by atomic mass is 16.1. The first-order chi connectivity index (χ1) is 14.1. The first-order valence-electron chi connectivity index (χ1n) is 10.3. The fourth-order valence-electron chi connectivity index (χ4n) is 4.43. The van der Waals surface area contributed by atoms with Crippen molar-refractivity contribution in [1.29, 1.82) is 0 Å². The molecule has 1 aliphatic carbocycles. The Morgan fingerprint density at radius 2 is 1.20 bits per heavy atom. The molecule has 0 atom stereocenters. The van der Waals surface area contributed by atoms with Gasteiger partial charge in [-0.2, -0.15) is 0 Å². The van der Waals surface area contributed by atoms with Crippen molar-refractivity contribution < 1.29 is 9.59 Å². The Balaban J connectivity index is 1.97. The van der Waals surface area contributed by atoms with Crippen LogP contribution in [0.2, 0.25) is 0 Å². The number of rotatable bonds is 4. The third kappa shape index (κ3) is 3.34. The number of carbonyl (C=O) groups is 2. The fourth-order valence-corrected chi connectivity index (χ4v) is 4.43. The Bertz CT molecular complexity index is 1150. The maximum atomic E-state index is 12.6. The molecule has 2 aromatic rings. The molecule has 156 valence electrons. The lowest BCUT2D eigenvalue weighted by atomic mass is 9.90. The van der Waals surface area contributed by atoms with Gasteiger partial charge in [0.1, 0.15) is 6.67 Å². The molecule has 2 aromatic carbocycles. The third-order valence-corrected chi connectivity index (χ3v) is 7.05. The van der Waals surface area contributed by atoms with E-state index in [1.165, 1.54) is 16.7 Å². The Hall–Kier alpha value is -2.88. The molecule has 0 amide bonds. The van der Waals surface area contributed by atoms with E-state index < -0.39 is 0 Å². The van der Waals surface area contributed by atoms with Crippen molar-refractivity contribution in [3.63, 3.8) is 0 Å². The summed E-state index contributed by atoms with van der Waals surface area (Å²) in [6, 6.07) is 0. The maximum absolute atomic E-state index is 12.6. The lowest BCUT2D eigenvalue weighted by molar-refractivity contribution is 0.100. The van der Waals surface area contributed by atoms with Crippen LogP contribution in [0.15, 0.2) is 9.98 Å². The van der Waals surface area contributed by atoms with Crippen molar-refractivity contribution in [1.82, 2.24) is 0 Å². The average molecular weight is 403 g/mol. The zero-order valence-corrected chi connectivity index (χ0v) is 19.3. The average Bonchev–Trinajstić information content (AvgIpc) is 3.06. The molecule has 0 saturated heterocycles. The molecule has 0 N–H and O–H groups in total. The second-order valence-electron chi connectivity index (χ2n) is 8.35. The molecular formula is C26H30N2O2. The highest BCUT2D eigenvalue weighted by Gasteiger charge is 2.30. The molecule has 0 fully saturated rings. The number of Topliss-reactive ketones (excluding diaryl/α,β-unsaturated/α-hetero) is 1. The summed E-state index contributed by atoms with van der Waals surface area (Å²) in [4.78, 5) is 33.5. The molecule has 3 rings (SSSR count). The molecule has 0 unspecified atom stereocenters. The predicted octanol–water partition coefficient (Wildman–Crippen LogP) is 5.42. The van der Waals surface area contributed by atoms with Crippen LogP contribution in [0.3, 0.4) is 0 Å². The molecule has 1 aliphatic rings. The van der Waals surface area contributed by atoms with Crippen LogP contribution in [0, 0.1) is 55.4 Å². The van der Waals surface area contributed by atoms with Gasteiger partial charge in [-0.05, 0) is 99.9 Å². The number of nitrogens with zero attached hydrogens (tertiary/aromatic N) is 2. The highest BCUT2D eigenvalue weighted by Crippen LogP contribution is 2.33. The van der Waals surface area contributed by atoms with Crippen LogP contribution in [0.25, 0.3) is 0 Å². The van der Waals surface area contributed by atoms with Crippen molar-refractivity contribution in [2.24, 2.45) is 9.98 Å². The van der Waals surface area contributed by atoms with E-state index in [-0.39, 0.29) is 12.5 Å². The minimum absolute atomic E-state index is 0.139. The largest absolute Gasteiger partial charge is 0.298 e. The molecule has 0 saturated carbocycles. The summed E-state index contributed by atoms with van der Waals surface area (Å²) in [6.45, 7) is 16.6. The van der Waals surface area contributed by atoms with Crippen molar-refractivity contribution in [3.05, 3.63) is 66.8 Å². The van der Waals surface area contributed by atoms with Gasteiger partial charge in [0.25, 0.3) is 0 Å². The van der Waals surface area contributed by atoms with Crippen LogP contribution >= 0.6 is 0 Å². The van der Waals surface area contributed by atoms with Gasteiger partial charge in [-0.3, -0.25) is 19.6 Å². The second-order valence-corrected chi connectivity index (χ2v) is 8.35. The van der Waals surface area contributed by atoms with Crippen LogP contribution in [-0.2, 0) is 0 Å². The molecule has 0 spiro atoms. The number of fused-ring (bicyclic) bond motifs is 1. The highest BCUT2D eigenvalue weighted by molar-refractivity contribution is 6.27. The Morgan fingerprint density at radius 1 is 0.700 bits per heavy atom. The first kappa shape index (κ1) is 21.8. The summed E-state index contributed by atoms with van der Waals surface area (Å²) in [5, 5.41) is 0. The second kappa shape index (κ2) is 8.10. The maximum Gasteiger partial charge on any atom is 0.169 e. The summed E-state index contributed by atoms with van der Waals surface area (Å²) in [7, 11) is 0. The smallest absolute Gasteiger partial charge is 0.169 e. The van der Waals surface area contributed by atoms with E-state index >= 15 is 0 Å². The van der Waals surface area contributed by atoms with E-state index in [0.717, 1.165) is 56.5 Å². The van der Waals surface area contributed by atoms with Crippen molar-refractivity contribution >= 4 is 24.0 Å². The zero-order valence-electron chi connectivity index (χ0n) is 19.3. The van der Waals surface area contributed by atoms with E-state index in [2.05, 4.69) is 37.7 Å². The molecule has 4 heteroatoms. The van der Waals surface area contributed by atoms with Gasteiger partial charge in [0.2, 0.25) is 0 Å². The van der Waals surface area contributed by atoms with E-state index in [1.807, 2.05) is 27.7 Å². The summed E-state index contributed by atoms with van der Waals surface area (Å²) < 4.78 is 0. The Kier molecular flexibility index (Phi) is 5.89. The number of aliphatic imine (C=N–C) groups is 2. The normalized spacial score (nSPS) is 14.8. The summed E-state index contributed by atoms with van der Waals surface area (Å²) >= 11 is 0. The summed E-state index contributed by atoms with van der Waals surface area (Å²) in [5.74, 6) is 0.139. The van der Waals surface area contributed by atoms with E-state index in [9.17, 15) is 9.59 Å². The zero-order chi connectivity index (χ0) is 22.3. The van der Waals surface area contributed by atoms with Crippen LogP contribution in [0.4, 0.5) is 0 Å². The molecule has 0 aromatic heterocycles. The van der Waals surface area contributed by atoms with Crippen molar-refractivity contribution in [3.8, 4) is 0 Å². The van der Waals surface area contributed by atoms with Gasteiger partial charge in [0, 0.05) is 28.5 Å². The van der Waals surface area contributed by atoms with Crippen LogP contribution in [0.1, 0.15) is 82.8 Å². The number of aldehydes is 1. The van der Waals surface area contributed by atoms with Gasteiger partial charge in [-0.1, -0.05) is 0 Å². The molecule has 0 radical (unpaired) electrons. The number of carbonyl (C=O) groups excluding carboxylic acids is 2. The van der Waals surface area contributed by atoms with Gasteiger partial charge in [0.05, 0.1) is 12.1 Å². The molecule has 0 bridgehead atoms. The van der Waals surface area contributed by atoms with E-state index in [4.69, 9.17) is 0 Å². The molecule has 30 heavy (non-hydrogen) atoms. The van der Waals surface area contributed by atoms with Gasteiger partial charge >= 0.3 is 0 Å². The summed E-state index contributed by atoms with van der Waals surface area (Å²) in [5.41, 5.74) is 13.1. The third-order valence-electron chi connectivity index (χ3n) is 7.05. The van der Waals surface area contributed by atoms with Crippen molar-refractivity contribution in [2.75, 3.05) is 6.67 Å². The van der Waals surface area contributed by atoms with Crippen LogP contribution in [0.5, 0.6) is 0 Å². The number of hydrogen-bond acceptors (Lipinski definition) is 4. The van der Waals surface area contributed by atoms with E-state index in [0.29, 0.717) is 12.0 Å². The minimum atomic E-state index is 0.139. The monoisotopic (exact) mass is 402 g/mol. The quantitative estimate of drug-likeness (QED) is 0.506. The number of hydrogen-bond donors (Lipinski definition) is 0. The summed E-state index contributed by atoms with van der Waals surface area (Å²) in [6.07, 6.45) is 2.99. The molecule has 0 aliphatic heterocycles. The molecular weight excluding hydrogens is 372 g/mol. The molecule has 0 heterocycles. The fraction of sp³-hybridized carbons (Fsp3) is 0.385. The lowest BCUT2D eigenvalue weighted by Crippen LogP contribution is -2.06. The molecule has 4 nitrogen and oxygen atoms in total. The first-order valence-corrected chi connectivity index (χ1v) is 10.3. The van der Waals surface area contributed by atoms with E-state index in [1.54, 1.807) is 6.21 Å².